The van der Waals surface area contributed by atoms with Crippen molar-refractivity contribution >= 4 is 34.4 Å². The van der Waals surface area contributed by atoms with E-state index in [4.69, 9.17) is 4.74 Å². The number of fused-ring (bicyclic) bond motifs is 2. The van der Waals surface area contributed by atoms with Crippen molar-refractivity contribution in [1.82, 2.24) is 15.2 Å². The van der Waals surface area contributed by atoms with E-state index in [0.29, 0.717) is 17.9 Å². The summed E-state index contributed by atoms with van der Waals surface area (Å²) in [5.74, 6) is -0.167. The Morgan fingerprint density at radius 2 is 1.69 bits per heavy atom. The second kappa shape index (κ2) is 8.88. The number of amides is 4. The minimum absolute atomic E-state index is 0.274. The second-order valence-electron chi connectivity index (χ2n) is 8.96. The first-order valence-electron chi connectivity index (χ1n) is 11.9. The zero-order valence-corrected chi connectivity index (χ0v) is 19.4. The Kier molecular flexibility index (Phi) is 5.41. The largest absolute Gasteiger partial charge is 0.489 e. The Balaban J connectivity index is 1.25. The van der Waals surface area contributed by atoms with Gasteiger partial charge in [0.15, 0.2) is 0 Å². The van der Waals surface area contributed by atoms with Crippen molar-refractivity contribution in [2.45, 2.75) is 18.5 Å². The molecule has 2 atom stereocenters. The van der Waals surface area contributed by atoms with Crippen LogP contribution in [0.3, 0.4) is 0 Å². The number of imide groups is 1. The zero-order chi connectivity index (χ0) is 24.6. The van der Waals surface area contributed by atoms with Gasteiger partial charge in [0.25, 0.3) is 5.91 Å². The molecule has 0 unspecified atom stereocenters. The fourth-order valence-electron chi connectivity index (χ4n) is 5.01. The summed E-state index contributed by atoms with van der Waals surface area (Å²) in [5, 5.41) is 3.76. The number of hydrogen-bond donors (Lipinski definition) is 2. The molecule has 4 aromatic rings. The van der Waals surface area contributed by atoms with Crippen molar-refractivity contribution in [3.05, 3.63) is 96.2 Å². The van der Waals surface area contributed by atoms with Crippen LogP contribution in [-0.2, 0) is 16.0 Å². The van der Waals surface area contributed by atoms with Gasteiger partial charge in [-0.2, -0.15) is 0 Å². The summed E-state index contributed by atoms with van der Waals surface area (Å²) >= 11 is 0. The highest BCUT2D eigenvalue weighted by atomic mass is 16.5. The lowest BCUT2D eigenvalue weighted by atomic mass is 10.0. The fourth-order valence-corrected chi connectivity index (χ4v) is 5.01. The van der Waals surface area contributed by atoms with Crippen LogP contribution in [0.15, 0.2) is 85.1 Å². The highest BCUT2D eigenvalue weighted by Gasteiger charge is 2.42. The highest BCUT2D eigenvalue weighted by molar-refractivity contribution is 6.09. The third kappa shape index (κ3) is 3.76. The van der Waals surface area contributed by atoms with E-state index in [9.17, 15) is 14.4 Å². The van der Waals surface area contributed by atoms with Gasteiger partial charge < -0.3 is 15.0 Å². The summed E-state index contributed by atoms with van der Waals surface area (Å²) in [4.78, 5) is 45.6. The number of carbonyl (C=O) groups is 3. The smallest absolute Gasteiger partial charge is 0.325 e. The van der Waals surface area contributed by atoms with Crippen LogP contribution in [0.2, 0.25) is 0 Å². The van der Waals surface area contributed by atoms with Gasteiger partial charge in [-0.3, -0.25) is 19.4 Å². The lowest BCUT2D eigenvalue weighted by Gasteiger charge is -2.37. The fraction of sp³-hybridized carbons (Fsp3) is 0.179. The molecule has 1 fully saturated rings. The maximum atomic E-state index is 13.7. The van der Waals surface area contributed by atoms with E-state index in [1.807, 2.05) is 85.1 Å². The van der Waals surface area contributed by atoms with E-state index >= 15 is 0 Å². The summed E-state index contributed by atoms with van der Waals surface area (Å²) in [6.07, 6.45) is 2.19. The Morgan fingerprint density at radius 1 is 0.944 bits per heavy atom. The summed E-state index contributed by atoms with van der Waals surface area (Å²) in [5.41, 5.74) is 3.43. The van der Waals surface area contributed by atoms with Crippen molar-refractivity contribution in [3.63, 3.8) is 0 Å². The van der Waals surface area contributed by atoms with Crippen LogP contribution in [0.4, 0.5) is 10.5 Å². The molecule has 180 valence electrons. The number of urea groups is 1. The van der Waals surface area contributed by atoms with Crippen LogP contribution in [0.5, 0.6) is 5.75 Å². The number of benzene rings is 3. The molecule has 1 saturated heterocycles. The van der Waals surface area contributed by atoms with Crippen LogP contribution in [-0.4, -0.2) is 46.9 Å². The van der Waals surface area contributed by atoms with Gasteiger partial charge in [0.05, 0.1) is 11.7 Å². The molecular weight excluding hydrogens is 456 g/mol. The molecule has 0 radical (unpaired) electrons. The number of nitrogens with one attached hydrogen (secondary N) is 2. The van der Waals surface area contributed by atoms with Gasteiger partial charge >= 0.3 is 6.03 Å². The molecular formula is C28H24N4O4. The van der Waals surface area contributed by atoms with Crippen molar-refractivity contribution < 1.29 is 19.1 Å². The Bertz CT molecular complexity index is 1460. The van der Waals surface area contributed by atoms with Crippen molar-refractivity contribution in [3.8, 4) is 5.75 Å². The molecule has 4 amide bonds. The van der Waals surface area contributed by atoms with Gasteiger partial charge in [-0.05, 0) is 29.3 Å². The van der Waals surface area contributed by atoms with Gasteiger partial charge in [-0.1, -0.05) is 60.7 Å². The van der Waals surface area contributed by atoms with Gasteiger partial charge in [-0.15, -0.1) is 0 Å². The van der Waals surface area contributed by atoms with Gasteiger partial charge in [0.2, 0.25) is 5.91 Å². The molecule has 0 bridgehead atoms. The van der Waals surface area contributed by atoms with Crippen molar-refractivity contribution in [2.75, 3.05) is 18.1 Å². The molecule has 8 nitrogen and oxygen atoms in total. The lowest BCUT2D eigenvalue weighted by molar-refractivity contribution is -0.131. The average molecular weight is 481 g/mol. The number of ether oxygens (including phenoxy) is 1. The number of aromatic nitrogens is 1. The summed E-state index contributed by atoms with van der Waals surface area (Å²) in [7, 11) is 0. The maximum absolute atomic E-state index is 13.7. The summed E-state index contributed by atoms with van der Waals surface area (Å²) < 4.78 is 5.94. The van der Waals surface area contributed by atoms with Crippen molar-refractivity contribution in [1.29, 1.82) is 0 Å². The molecule has 0 aliphatic carbocycles. The molecule has 0 spiro atoms. The molecule has 2 aliphatic heterocycles. The van der Waals surface area contributed by atoms with Crippen LogP contribution in [0, 0.1) is 0 Å². The van der Waals surface area contributed by atoms with Crippen LogP contribution in [0.25, 0.3) is 10.9 Å². The zero-order valence-electron chi connectivity index (χ0n) is 19.4. The number of H-pyrrole nitrogens is 1. The topological polar surface area (TPSA) is 94.7 Å². The number of aromatic amines is 1. The first-order valence-corrected chi connectivity index (χ1v) is 11.9. The molecule has 6 rings (SSSR count). The third-order valence-electron chi connectivity index (χ3n) is 6.79. The number of hydrogen-bond acceptors (Lipinski definition) is 4. The minimum atomic E-state index is -0.730. The first kappa shape index (κ1) is 21.9. The van der Waals surface area contributed by atoms with Crippen LogP contribution >= 0.6 is 0 Å². The molecule has 3 heterocycles. The first-order chi connectivity index (χ1) is 17.6. The SMILES string of the molecule is O=C1N[C@@H](Cc2c[nH]c3ccccc23)C(=O)N1CC(=O)N1c2ccccc2OC[C@H]1c1ccccc1. The van der Waals surface area contributed by atoms with Gasteiger partial charge in [-0.25, -0.2) is 4.79 Å². The molecule has 2 N–H and O–H groups in total. The van der Waals surface area contributed by atoms with E-state index < -0.39 is 18.0 Å². The molecule has 2 aliphatic rings. The molecule has 3 aromatic carbocycles. The third-order valence-corrected chi connectivity index (χ3v) is 6.79. The average Bonchev–Trinajstić information content (AvgIpc) is 3.44. The number of rotatable bonds is 5. The van der Waals surface area contributed by atoms with E-state index in [1.165, 1.54) is 0 Å². The second-order valence-corrected chi connectivity index (χ2v) is 8.96. The Morgan fingerprint density at radius 3 is 2.56 bits per heavy atom. The number of anilines is 1. The molecule has 1 aromatic heterocycles. The molecule has 8 heteroatoms. The number of para-hydroxylation sites is 3. The highest BCUT2D eigenvalue weighted by Crippen LogP contribution is 2.39. The van der Waals surface area contributed by atoms with Crippen molar-refractivity contribution in [2.24, 2.45) is 0 Å². The monoisotopic (exact) mass is 480 g/mol. The standard InChI is InChI=1S/C28H24N4O4/c33-26(32-23-12-6-7-13-25(23)36-17-24(32)18-8-2-1-3-9-18)16-31-27(34)22(30-28(31)35)14-19-15-29-21-11-5-4-10-20(19)21/h1-13,15,22,24,29H,14,16-17H2,(H,30,35)/t22-,24-/m0/s1. The van der Waals surface area contributed by atoms with Gasteiger partial charge in [0, 0.05) is 23.5 Å². The number of carbonyl (C=O) groups excluding carboxylic acids is 3. The normalized spacial score (nSPS) is 19.2. The predicted octanol–water partition coefficient (Wildman–Crippen LogP) is 3.80. The quantitative estimate of drug-likeness (QED) is 0.425. The lowest BCUT2D eigenvalue weighted by Crippen LogP contribution is -2.47. The maximum Gasteiger partial charge on any atom is 0.325 e. The van der Waals surface area contributed by atoms with E-state index in [-0.39, 0.29) is 25.1 Å². The Labute approximate surface area is 207 Å². The Hall–Kier alpha value is -4.59. The molecule has 0 saturated carbocycles. The summed E-state index contributed by atoms with van der Waals surface area (Å²) in [6, 6.07) is 23.0. The predicted molar refractivity (Wildman–Crippen MR) is 135 cm³/mol. The van der Waals surface area contributed by atoms with Crippen LogP contribution < -0.4 is 15.0 Å². The van der Waals surface area contributed by atoms with E-state index in [1.54, 1.807) is 4.90 Å². The van der Waals surface area contributed by atoms with Gasteiger partial charge in [0.1, 0.15) is 24.9 Å². The summed E-state index contributed by atoms with van der Waals surface area (Å²) in [6.45, 7) is -0.0805. The number of nitrogens with zero attached hydrogens (tertiary/aromatic N) is 2. The minimum Gasteiger partial charge on any atom is -0.489 e. The van der Waals surface area contributed by atoms with E-state index in [2.05, 4.69) is 10.3 Å². The molecule has 36 heavy (non-hydrogen) atoms. The van der Waals surface area contributed by atoms with Crippen LogP contribution in [0.1, 0.15) is 17.2 Å². The van der Waals surface area contributed by atoms with E-state index in [0.717, 1.165) is 26.9 Å².